The number of halogens is 1. The van der Waals surface area contributed by atoms with Crippen molar-refractivity contribution in [1.29, 1.82) is 0 Å². The number of carbonyl (C=O) groups excluding carboxylic acids is 1. The van der Waals surface area contributed by atoms with E-state index < -0.39 is 0 Å². The first-order valence-electron chi connectivity index (χ1n) is 11.0. The average Bonchev–Trinajstić information content (AvgIpc) is 3.20. The first-order chi connectivity index (χ1) is 15.0. The standard InChI is InChI=1S/C24H31BrN4OS/c1-5-27(6-2)15-16-29(24-26-21-14-11-19(25)17-22(21)31-24)23(30)18-9-12-20(13-10-18)28(7-3)8-4/h9-14,17H,5-8,15-16H2,1-4H3. The van der Waals surface area contributed by atoms with Crippen molar-refractivity contribution < 1.29 is 4.79 Å². The molecule has 2 aromatic carbocycles. The molecule has 0 atom stereocenters. The molecular formula is C24H31BrN4OS. The molecule has 166 valence electrons. The van der Waals surface area contributed by atoms with Crippen LogP contribution in [-0.2, 0) is 0 Å². The summed E-state index contributed by atoms with van der Waals surface area (Å²) in [5.74, 6) is -0.00336. The topological polar surface area (TPSA) is 39.7 Å². The molecule has 0 aliphatic carbocycles. The number of benzene rings is 2. The highest BCUT2D eigenvalue weighted by molar-refractivity contribution is 9.10. The molecular weight excluding hydrogens is 472 g/mol. The summed E-state index contributed by atoms with van der Waals surface area (Å²) in [5, 5.41) is 0.748. The number of hydrogen-bond acceptors (Lipinski definition) is 5. The molecule has 0 bridgehead atoms. The molecule has 0 saturated carbocycles. The second kappa shape index (κ2) is 11.1. The third kappa shape index (κ3) is 5.64. The quantitative estimate of drug-likeness (QED) is 0.346. The fourth-order valence-corrected chi connectivity index (χ4v) is 5.17. The van der Waals surface area contributed by atoms with Gasteiger partial charge in [0, 0.05) is 41.9 Å². The van der Waals surface area contributed by atoms with Crippen LogP contribution in [0.15, 0.2) is 46.9 Å². The Kier molecular flexibility index (Phi) is 8.46. The van der Waals surface area contributed by atoms with Crippen molar-refractivity contribution in [2.24, 2.45) is 0 Å². The molecule has 0 spiro atoms. The molecule has 31 heavy (non-hydrogen) atoms. The number of thiazole rings is 1. The lowest BCUT2D eigenvalue weighted by molar-refractivity contribution is 0.0984. The van der Waals surface area contributed by atoms with Gasteiger partial charge in [0.15, 0.2) is 5.13 Å². The van der Waals surface area contributed by atoms with Crippen LogP contribution in [0, 0.1) is 0 Å². The Morgan fingerprint density at radius 3 is 2.23 bits per heavy atom. The van der Waals surface area contributed by atoms with E-state index in [0.29, 0.717) is 12.1 Å². The number of fused-ring (bicyclic) bond motifs is 1. The highest BCUT2D eigenvalue weighted by atomic mass is 79.9. The molecule has 3 rings (SSSR count). The van der Waals surface area contributed by atoms with Crippen molar-refractivity contribution in [3.63, 3.8) is 0 Å². The second-order valence-electron chi connectivity index (χ2n) is 7.31. The van der Waals surface area contributed by atoms with Crippen molar-refractivity contribution in [2.45, 2.75) is 27.7 Å². The summed E-state index contributed by atoms with van der Waals surface area (Å²) in [5.41, 5.74) is 2.75. The molecule has 1 amide bonds. The van der Waals surface area contributed by atoms with Gasteiger partial charge in [0.2, 0.25) is 0 Å². The predicted molar refractivity (Wildman–Crippen MR) is 137 cm³/mol. The zero-order chi connectivity index (χ0) is 22.4. The molecule has 1 heterocycles. The minimum Gasteiger partial charge on any atom is -0.372 e. The van der Waals surface area contributed by atoms with Gasteiger partial charge < -0.3 is 9.80 Å². The van der Waals surface area contributed by atoms with Crippen LogP contribution in [0.4, 0.5) is 10.8 Å². The first-order valence-corrected chi connectivity index (χ1v) is 12.6. The van der Waals surface area contributed by atoms with Gasteiger partial charge >= 0.3 is 0 Å². The number of anilines is 2. The third-order valence-corrected chi connectivity index (χ3v) is 7.13. The van der Waals surface area contributed by atoms with E-state index in [2.05, 4.69) is 59.5 Å². The molecule has 5 nitrogen and oxygen atoms in total. The Balaban J connectivity index is 1.91. The Morgan fingerprint density at radius 2 is 1.61 bits per heavy atom. The van der Waals surface area contributed by atoms with Crippen LogP contribution in [0.1, 0.15) is 38.1 Å². The van der Waals surface area contributed by atoms with Gasteiger partial charge in [0.05, 0.1) is 10.2 Å². The molecule has 0 aliphatic heterocycles. The third-order valence-electron chi connectivity index (χ3n) is 5.59. The van der Waals surface area contributed by atoms with Gasteiger partial charge in [-0.15, -0.1) is 0 Å². The summed E-state index contributed by atoms with van der Waals surface area (Å²) in [6, 6.07) is 14.0. The summed E-state index contributed by atoms with van der Waals surface area (Å²) in [6.45, 7) is 13.8. The summed E-state index contributed by atoms with van der Waals surface area (Å²) in [6.07, 6.45) is 0. The maximum absolute atomic E-state index is 13.5. The van der Waals surface area contributed by atoms with E-state index in [-0.39, 0.29) is 5.91 Å². The van der Waals surface area contributed by atoms with Gasteiger partial charge in [-0.3, -0.25) is 9.69 Å². The van der Waals surface area contributed by atoms with Crippen LogP contribution in [0.5, 0.6) is 0 Å². The predicted octanol–water partition coefficient (Wildman–Crippen LogP) is 5.89. The monoisotopic (exact) mass is 502 g/mol. The van der Waals surface area contributed by atoms with E-state index in [1.165, 1.54) is 0 Å². The number of nitrogens with zero attached hydrogens (tertiary/aromatic N) is 4. The Hall–Kier alpha value is -1.96. The summed E-state index contributed by atoms with van der Waals surface area (Å²) < 4.78 is 2.09. The normalized spacial score (nSPS) is 11.3. The van der Waals surface area contributed by atoms with Gasteiger partial charge in [-0.05, 0) is 69.4 Å². The number of rotatable bonds is 10. The molecule has 7 heteroatoms. The summed E-state index contributed by atoms with van der Waals surface area (Å²) in [7, 11) is 0. The molecule has 3 aromatic rings. The zero-order valence-corrected chi connectivity index (χ0v) is 21.2. The van der Waals surface area contributed by atoms with Crippen molar-refractivity contribution in [1.82, 2.24) is 9.88 Å². The van der Waals surface area contributed by atoms with Crippen LogP contribution >= 0.6 is 27.3 Å². The van der Waals surface area contributed by atoms with Crippen LogP contribution in [0.3, 0.4) is 0 Å². The number of aromatic nitrogens is 1. The number of hydrogen-bond donors (Lipinski definition) is 0. The minimum atomic E-state index is -0.00336. The van der Waals surface area contributed by atoms with Crippen molar-refractivity contribution in [3.8, 4) is 0 Å². The highest BCUT2D eigenvalue weighted by Gasteiger charge is 2.22. The van der Waals surface area contributed by atoms with Crippen molar-refractivity contribution in [3.05, 3.63) is 52.5 Å². The first kappa shape index (κ1) is 23.7. The van der Waals surface area contributed by atoms with Gasteiger partial charge in [-0.25, -0.2) is 4.98 Å². The lowest BCUT2D eigenvalue weighted by atomic mass is 10.1. The summed E-state index contributed by atoms with van der Waals surface area (Å²) in [4.78, 5) is 24.8. The van der Waals surface area contributed by atoms with E-state index in [0.717, 1.165) is 58.2 Å². The maximum atomic E-state index is 13.5. The van der Waals surface area contributed by atoms with Crippen molar-refractivity contribution >= 4 is 54.2 Å². The van der Waals surface area contributed by atoms with Gasteiger partial charge in [0.25, 0.3) is 5.91 Å². The largest absolute Gasteiger partial charge is 0.372 e. The molecule has 0 radical (unpaired) electrons. The molecule has 0 saturated heterocycles. The Bertz CT molecular complexity index is 996. The molecule has 0 unspecified atom stereocenters. The van der Waals surface area contributed by atoms with Crippen molar-refractivity contribution in [2.75, 3.05) is 49.1 Å². The Labute approximate surface area is 197 Å². The van der Waals surface area contributed by atoms with Crippen LogP contribution in [-0.4, -0.2) is 55.1 Å². The Morgan fingerprint density at radius 1 is 0.935 bits per heavy atom. The maximum Gasteiger partial charge on any atom is 0.260 e. The van der Waals surface area contributed by atoms with Crippen LogP contribution < -0.4 is 9.80 Å². The smallest absolute Gasteiger partial charge is 0.260 e. The molecule has 0 N–H and O–H groups in total. The van der Waals surface area contributed by atoms with Gasteiger partial charge in [-0.1, -0.05) is 41.1 Å². The second-order valence-corrected chi connectivity index (χ2v) is 9.24. The highest BCUT2D eigenvalue weighted by Crippen LogP contribution is 2.31. The van der Waals surface area contributed by atoms with Gasteiger partial charge in [0.1, 0.15) is 0 Å². The molecule has 0 fully saturated rings. The fraction of sp³-hybridized carbons (Fsp3) is 0.417. The number of likely N-dealkylation sites (N-methyl/N-ethyl adjacent to an activating group) is 1. The van der Waals surface area contributed by atoms with Gasteiger partial charge in [-0.2, -0.15) is 0 Å². The lowest BCUT2D eigenvalue weighted by Crippen LogP contribution is -2.38. The number of amides is 1. The summed E-state index contributed by atoms with van der Waals surface area (Å²) >= 11 is 5.09. The van der Waals surface area contributed by atoms with Crippen LogP contribution in [0.25, 0.3) is 10.2 Å². The van der Waals surface area contributed by atoms with E-state index in [4.69, 9.17) is 4.98 Å². The van der Waals surface area contributed by atoms with Crippen LogP contribution in [0.2, 0.25) is 0 Å². The zero-order valence-electron chi connectivity index (χ0n) is 18.8. The average molecular weight is 504 g/mol. The lowest BCUT2D eigenvalue weighted by Gasteiger charge is -2.25. The van der Waals surface area contributed by atoms with E-state index in [9.17, 15) is 4.79 Å². The van der Waals surface area contributed by atoms with E-state index in [1.54, 1.807) is 11.3 Å². The SMILES string of the molecule is CCN(CC)CCN(C(=O)c1ccc(N(CC)CC)cc1)c1nc2ccc(Br)cc2s1. The number of carbonyl (C=O) groups is 1. The minimum absolute atomic E-state index is 0.00336. The van der Waals surface area contributed by atoms with E-state index >= 15 is 0 Å². The molecule has 0 aliphatic rings. The fourth-order valence-electron chi connectivity index (χ4n) is 3.63. The van der Waals surface area contributed by atoms with E-state index in [1.807, 2.05) is 41.3 Å². The molecule has 1 aromatic heterocycles.